The molecule has 0 saturated carbocycles. The van der Waals surface area contributed by atoms with Crippen molar-refractivity contribution >= 4 is 29.9 Å². The van der Waals surface area contributed by atoms with Crippen LogP contribution in [-0.2, 0) is 11.3 Å². The zero-order chi connectivity index (χ0) is 11.5. The molecule has 0 aliphatic rings. The van der Waals surface area contributed by atoms with Crippen molar-refractivity contribution in [2.24, 2.45) is 11.1 Å². The lowest BCUT2D eigenvalue weighted by Crippen LogP contribution is -2.40. The van der Waals surface area contributed by atoms with Crippen LogP contribution in [0.25, 0.3) is 0 Å². The quantitative estimate of drug-likeness (QED) is 0.856. The molecule has 1 heterocycles. The monoisotopic (exact) mass is 266 g/mol. The summed E-state index contributed by atoms with van der Waals surface area (Å²) in [5.41, 5.74) is 4.67. The van der Waals surface area contributed by atoms with E-state index in [2.05, 4.69) is 5.32 Å². The summed E-state index contributed by atoms with van der Waals surface area (Å²) in [5.74, 6) is 0.410. The molecule has 1 rings (SSSR count). The van der Waals surface area contributed by atoms with Gasteiger partial charge in [-0.3, -0.25) is 4.79 Å². The maximum Gasteiger partial charge on any atom is 0.224 e. The Morgan fingerprint density at radius 3 is 2.62 bits per heavy atom. The van der Waals surface area contributed by atoms with Crippen molar-refractivity contribution in [2.45, 2.75) is 20.4 Å². The van der Waals surface area contributed by atoms with Crippen LogP contribution in [0.4, 0.5) is 0 Å². The van der Waals surface area contributed by atoms with Crippen LogP contribution in [0.15, 0.2) is 16.5 Å². The predicted octanol–water partition coefficient (Wildman–Crippen LogP) is 1.96. The molecule has 1 aromatic rings. The molecule has 0 aliphatic carbocycles. The van der Waals surface area contributed by atoms with Gasteiger partial charge in [-0.2, -0.15) is 0 Å². The van der Waals surface area contributed by atoms with Crippen molar-refractivity contribution < 1.29 is 9.21 Å². The molecule has 3 N–H and O–H groups in total. The Balaban J connectivity index is 0.00000225. The summed E-state index contributed by atoms with van der Waals surface area (Å²) in [4.78, 5) is 11.0. The number of furan rings is 1. The first-order chi connectivity index (χ1) is 6.92. The molecule has 92 valence electrons. The number of carbonyl (C=O) groups excluding carboxylic acids is 1. The topological polar surface area (TPSA) is 68.3 Å². The molecule has 0 radical (unpaired) electrons. The number of hydrogen-bond acceptors (Lipinski definition) is 3. The van der Waals surface area contributed by atoms with Crippen molar-refractivity contribution in [3.63, 3.8) is 0 Å². The minimum absolute atomic E-state index is 0. The van der Waals surface area contributed by atoms with Crippen molar-refractivity contribution in [1.82, 2.24) is 5.32 Å². The molecular formula is C10H16Cl2N2O2. The Morgan fingerprint density at radius 1 is 1.56 bits per heavy atom. The van der Waals surface area contributed by atoms with E-state index in [1.165, 1.54) is 0 Å². The standard InChI is InChI=1S/C10H15ClN2O2.ClH/c1-10(2,9(12)14)6-13-5-7-3-4-8(11)15-7;/h3-4,13H,5-6H2,1-2H3,(H2,12,14);1H. The second-order valence-electron chi connectivity index (χ2n) is 4.06. The van der Waals surface area contributed by atoms with E-state index in [9.17, 15) is 4.79 Å². The van der Waals surface area contributed by atoms with Crippen LogP contribution in [-0.4, -0.2) is 12.5 Å². The zero-order valence-electron chi connectivity index (χ0n) is 9.25. The Kier molecular flexibility index (Phi) is 5.86. The van der Waals surface area contributed by atoms with E-state index < -0.39 is 5.41 Å². The molecule has 0 fully saturated rings. The van der Waals surface area contributed by atoms with E-state index in [1.807, 2.05) is 0 Å². The Morgan fingerprint density at radius 2 is 2.19 bits per heavy atom. The fourth-order valence-corrected chi connectivity index (χ4v) is 1.19. The summed E-state index contributed by atoms with van der Waals surface area (Å²) in [6.07, 6.45) is 0. The molecule has 4 nitrogen and oxygen atoms in total. The molecule has 6 heteroatoms. The number of primary amides is 1. The van der Waals surface area contributed by atoms with Crippen molar-refractivity contribution in [3.05, 3.63) is 23.1 Å². The number of rotatable bonds is 5. The number of hydrogen-bond donors (Lipinski definition) is 2. The van der Waals surface area contributed by atoms with Crippen molar-refractivity contribution in [1.29, 1.82) is 0 Å². The van der Waals surface area contributed by atoms with Gasteiger partial charge in [0.25, 0.3) is 0 Å². The highest BCUT2D eigenvalue weighted by molar-refractivity contribution is 6.28. The molecule has 0 atom stereocenters. The molecule has 1 aromatic heterocycles. The molecule has 0 saturated heterocycles. The van der Waals surface area contributed by atoms with Gasteiger partial charge in [0.05, 0.1) is 12.0 Å². The summed E-state index contributed by atoms with van der Waals surface area (Å²) < 4.78 is 5.15. The number of carbonyl (C=O) groups is 1. The number of halogens is 2. The van der Waals surface area contributed by atoms with Gasteiger partial charge in [-0.25, -0.2) is 0 Å². The maximum absolute atomic E-state index is 11.0. The summed E-state index contributed by atoms with van der Waals surface area (Å²) in [6.45, 7) is 4.61. The SMILES string of the molecule is CC(C)(CNCc1ccc(Cl)o1)C(N)=O.Cl. The van der Waals surface area contributed by atoms with Crippen LogP contribution in [0.3, 0.4) is 0 Å². The number of nitrogens with one attached hydrogen (secondary N) is 1. The van der Waals surface area contributed by atoms with E-state index in [-0.39, 0.29) is 18.3 Å². The van der Waals surface area contributed by atoms with Crippen molar-refractivity contribution in [3.8, 4) is 0 Å². The molecule has 0 aromatic carbocycles. The largest absolute Gasteiger partial charge is 0.448 e. The normalized spacial score (nSPS) is 10.9. The Hall–Kier alpha value is -0.710. The Labute approximate surface area is 106 Å². The van der Waals surface area contributed by atoms with Crippen molar-refractivity contribution in [2.75, 3.05) is 6.54 Å². The predicted molar refractivity (Wildman–Crippen MR) is 65.6 cm³/mol. The van der Waals surface area contributed by atoms with Gasteiger partial charge in [-0.1, -0.05) is 0 Å². The van der Waals surface area contributed by atoms with Crippen LogP contribution < -0.4 is 11.1 Å². The third-order valence-corrected chi connectivity index (χ3v) is 2.37. The molecule has 0 bridgehead atoms. The van der Waals surface area contributed by atoms with E-state index in [1.54, 1.807) is 26.0 Å². The highest BCUT2D eigenvalue weighted by Crippen LogP contribution is 2.14. The van der Waals surface area contributed by atoms with Gasteiger partial charge in [-0.15, -0.1) is 12.4 Å². The van der Waals surface area contributed by atoms with Gasteiger partial charge in [0, 0.05) is 6.54 Å². The highest BCUT2D eigenvalue weighted by atomic mass is 35.5. The van der Waals surface area contributed by atoms with Crippen LogP contribution >= 0.6 is 24.0 Å². The smallest absolute Gasteiger partial charge is 0.224 e. The fraction of sp³-hybridized carbons (Fsp3) is 0.500. The van der Waals surface area contributed by atoms with E-state index in [0.29, 0.717) is 18.3 Å². The molecule has 0 spiro atoms. The lowest BCUT2D eigenvalue weighted by molar-refractivity contribution is -0.125. The van der Waals surface area contributed by atoms with E-state index >= 15 is 0 Å². The van der Waals surface area contributed by atoms with Crippen LogP contribution in [0.2, 0.25) is 5.22 Å². The summed E-state index contributed by atoms with van der Waals surface area (Å²) in [7, 11) is 0. The molecule has 0 unspecified atom stereocenters. The van der Waals surface area contributed by atoms with E-state index in [0.717, 1.165) is 5.76 Å². The Bertz CT molecular complexity index is 350. The van der Waals surface area contributed by atoms with Crippen LogP contribution in [0, 0.1) is 5.41 Å². The second-order valence-corrected chi connectivity index (χ2v) is 4.43. The average molecular weight is 267 g/mol. The minimum atomic E-state index is -0.559. The van der Waals surface area contributed by atoms with Gasteiger partial charge >= 0.3 is 0 Å². The summed E-state index contributed by atoms with van der Waals surface area (Å²) >= 11 is 5.61. The van der Waals surface area contributed by atoms with E-state index in [4.69, 9.17) is 21.8 Å². The van der Waals surface area contributed by atoms with Gasteiger partial charge in [-0.05, 0) is 37.6 Å². The third kappa shape index (κ3) is 4.43. The minimum Gasteiger partial charge on any atom is -0.448 e. The molecular weight excluding hydrogens is 251 g/mol. The lowest BCUT2D eigenvalue weighted by atomic mass is 9.93. The molecule has 16 heavy (non-hydrogen) atoms. The van der Waals surface area contributed by atoms with Crippen LogP contribution in [0.5, 0.6) is 0 Å². The fourth-order valence-electron chi connectivity index (χ4n) is 1.03. The zero-order valence-corrected chi connectivity index (χ0v) is 10.8. The lowest BCUT2D eigenvalue weighted by Gasteiger charge is -2.20. The van der Waals surface area contributed by atoms with Gasteiger partial charge in [0.15, 0.2) is 5.22 Å². The second kappa shape index (κ2) is 6.13. The van der Waals surface area contributed by atoms with Gasteiger partial charge < -0.3 is 15.5 Å². The first kappa shape index (κ1) is 15.3. The first-order valence-electron chi connectivity index (χ1n) is 4.66. The highest BCUT2D eigenvalue weighted by Gasteiger charge is 2.24. The average Bonchev–Trinajstić information content (AvgIpc) is 2.51. The van der Waals surface area contributed by atoms with Crippen LogP contribution in [0.1, 0.15) is 19.6 Å². The summed E-state index contributed by atoms with van der Waals surface area (Å²) in [5, 5.41) is 3.45. The van der Waals surface area contributed by atoms with Gasteiger partial charge in [0.2, 0.25) is 5.91 Å². The third-order valence-electron chi connectivity index (χ3n) is 2.16. The molecule has 1 amide bonds. The van der Waals surface area contributed by atoms with Gasteiger partial charge in [0.1, 0.15) is 5.76 Å². The first-order valence-corrected chi connectivity index (χ1v) is 5.04. The maximum atomic E-state index is 11.0. The number of amides is 1. The number of nitrogens with two attached hydrogens (primary N) is 1. The molecule has 0 aliphatic heterocycles. The summed E-state index contributed by atoms with van der Waals surface area (Å²) in [6, 6.07) is 3.46.